The molecule has 1 amide bonds. The number of oxime groups is 1. The summed E-state index contributed by atoms with van der Waals surface area (Å²) in [5, 5.41) is 16.3. The summed E-state index contributed by atoms with van der Waals surface area (Å²) in [7, 11) is 1.56. The third kappa shape index (κ3) is 6.35. The SMILES string of the molecule is CCOC(CC)(CC)C(=O)Nc1cccc(CON=C(C(=N)N(C)N)c2ccccc2)n1. The summed E-state index contributed by atoms with van der Waals surface area (Å²) >= 11 is 0. The lowest BCUT2D eigenvalue weighted by atomic mass is 9.96. The van der Waals surface area contributed by atoms with Gasteiger partial charge in [0.25, 0.3) is 5.91 Å². The van der Waals surface area contributed by atoms with Crippen molar-refractivity contribution >= 4 is 23.3 Å². The molecule has 0 saturated carbocycles. The molecule has 9 nitrogen and oxygen atoms in total. The van der Waals surface area contributed by atoms with Crippen LogP contribution in [0.1, 0.15) is 44.9 Å². The van der Waals surface area contributed by atoms with Crippen LogP contribution in [-0.4, -0.2) is 46.7 Å². The number of aromatic nitrogens is 1. The van der Waals surface area contributed by atoms with Crippen LogP contribution in [-0.2, 0) is 21.0 Å². The first kappa shape index (κ1) is 25.0. The van der Waals surface area contributed by atoms with Crippen molar-refractivity contribution in [2.75, 3.05) is 19.0 Å². The van der Waals surface area contributed by atoms with Crippen molar-refractivity contribution in [3.8, 4) is 0 Å². The maximum Gasteiger partial charge on any atom is 0.257 e. The zero-order chi connectivity index (χ0) is 23.6. The fourth-order valence-electron chi connectivity index (χ4n) is 3.14. The Bertz CT molecular complexity index is 926. The highest BCUT2D eigenvalue weighted by atomic mass is 16.6. The number of carbonyl (C=O) groups excluding carboxylic acids is 1. The summed E-state index contributed by atoms with van der Waals surface area (Å²) in [4.78, 5) is 22.7. The van der Waals surface area contributed by atoms with Gasteiger partial charge in [-0.05, 0) is 31.9 Å². The van der Waals surface area contributed by atoms with Gasteiger partial charge in [-0.1, -0.05) is 55.4 Å². The van der Waals surface area contributed by atoms with Gasteiger partial charge in [-0.3, -0.25) is 15.2 Å². The van der Waals surface area contributed by atoms with Crippen LogP contribution in [0, 0.1) is 5.41 Å². The Labute approximate surface area is 189 Å². The summed E-state index contributed by atoms with van der Waals surface area (Å²) in [6.45, 7) is 6.23. The molecule has 1 heterocycles. The minimum atomic E-state index is -0.883. The van der Waals surface area contributed by atoms with Crippen molar-refractivity contribution in [1.29, 1.82) is 5.41 Å². The third-order valence-corrected chi connectivity index (χ3v) is 5.02. The Kier molecular flexibility index (Phi) is 9.30. The molecule has 0 fully saturated rings. The predicted molar refractivity (Wildman–Crippen MR) is 125 cm³/mol. The lowest BCUT2D eigenvalue weighted by Crippen LogP contribution is -2.44. The Morgan fingerprint density at radius 2 is 1.84 bits per heavy atom. The molecule has 0 atom stereocenters. The van der Waals surface area contributed by atoms with Crippen LogP contribution in [0.4, 0.5) is 5.82 Å². The minimum absolute atomic E-state index is 0.0107. The lowest BCUT2D eigenvalue weighted by molar-refractivity contribution is -0.142. The van der Waals surface area contributed by atoms with E-state index in [2.05, 4.69) is 15.5 Å². The van der Waals surface area contributed by atoms with E-state index in [9.17, 15) is 4.79 Å². The van der Waals surface area contributed by atoms with Crippen LogP contribution in [0.5, 0.6) is 0 Å². The molecule has 0 aliphatic heterocycles. The molecule has 1 aromatic heterocycles. The first-order chi connectivity index (χ1) is 15.4. The number of rotatable bonds is 11. The number of likely N-dealkylation sites (N-methyl/N-ethyl adjacent to an activating group) is 1. The molecular weight excluding hydrogens is 408 g/mol. The standard InChI is InChI=1S/C23H32N6O3/c1-5-23(6-2,31-7-3)22(30)27-19-15-11-14-18(26-19)16-32-28-20(21(24)29(4)25)17-12-9-8-10-13-17/h8-15,24H,5-7,16,25H2,1-4H3,(H,26,27,30). The molecule has 4 N–H and O–H groups in total. The highest BCUT2D eigenvalue weighted by molar-refractivity contribution is 6.46. The number of anilines is 1. The highest BCUT2D eigenvalue weighted by Crippen LogP contribution is 2.22. The topological polar surface area (TPSA) is 126 Å². The van der Waals surface area contributed by atoms with Gasteiger partial charge in [-0.15, -0.1) is 0 Å². The van der Waals surface area contributed by atoms with Crippen LogP contribution in [0.25, 0.3) is 0 Å². The summed E-state index contributed by atoms with van der Waals surface area (Å²) < 4.78 is 5.75. The van der Waals surface area contributed by atoms with Gasteiger partial charge in [0.1, 0.15) is 11.4 Å². The second-order valence-electron chi connectivity index (χ2n) is 7.14. The summed E-state index contributed by atoms with van der Waals surface area (Å²) in [6, 6.07) is 14.5. The molecule has 0 spiro atoms. The van der Waals surface area contributed by atoms with Gasteiger partial charge >= 0.3 is 0 Å². The van der Waals surface area contributed by atoms with Gasteiger partial charge in [0.05, 0.1) is 5.69 Å². The van der Waals surface area contributed by atoms with E-state index in [0.29, 0.717) is 42.2 Å². The number of pyridine rings is 1. The molecule has 172 valence electrons. The van der Waals surface area contributed by atoms with Gasteiger partial charge in [0.2, 0.25) is 0 Å². The van der Waals surface area contributed by atoms with E-state index >= 15 is 0 Å². The van der Waals surface area contributed by atoms with E-state index in [1.165, 1.54) is 0 Å². The molecule has 0 unspecified atom stereocenters. The Morgan fingerprint density at radius 3 is 2.44 bits per heavy atom. The molecule has 2 aromatic rings. The number of nitrogens with one attached hydrogen (secondary N) is 2. The molecule has 0 aliphatic carbocycles. The summed E-state index contributed by atoms with van der Waals surface area (Å²) in [5.74, 6) is 5.91. The van der Waals surface area contributed by atoms with Gasteiger partial charge in [-0.25, -0.2) is 10.8 Å². The number of amides is 1. The van der Waals surface area contributed by atoms with Gasteiger partial charge < -0.3 is 14.9 Å². The van der Waals surface area contributed by atoms with Crippen LogP contribution < -0.4 is 11.2 Å². The molecule has 2 rings (SSSR count). The van der Waals surface area contributed by atoms with Crippen molar-refractivity contribution in [3.63, 3.8) is 0 Å². The molecule has 32 heavy (non-hydrogen) atoms. The van der Waals surface area contributed by atoms with Crippen molar-refractivity contribution in [3.05, 3.63) is 59.8 Å². The number of hydrazine groups is 1. The molecule has 0 saturated heterocycles. The summed E-state index contributed by atoms with van der Waals surface area (Å²) in [5.41, 5.74) is 0.691. The minimum Gasteiger partial charge on any atom is -0.389 e. The second kappa shape index (κ2) is 11.9. The maximum atomic E-state index is 12.8. The van der Waals surface area contributed by atoms with Gasteiger partial charge in [0.15, 0.2) is 18.2 Å². The average molecular weight is 441 g/mol. The molecule has 0 aliphatic rings. The highest BCUT2D eigenvalue weighted by Gasteiger charge is 2.35. The maximum absolute atomic E-state index is 12.8. The average Bonchev–Trinajstić information content (AvgIpc) is 2.80. The van der Waals surface area contributed by atoms with Gasteiger partial charge in [-0.2, -0.15) is 0 Å². The number of nitrogens with two attached hydrogens (primary N) is 1. The smallest absolute Gasteiger partial charge is 0.257 e. The van der Waals surface area contributed by atoms with E-state index in [4.69, 9.17) is 20.8 Å². The van der Waals surface area contributed by atoms with E-state index in [-0.39, 0.29) is 18.3 Å². The lowest BCUT2D eigenvalue weighted by Gasteiger charge is -2.29. The van der Waals surface area contributed by atoms with Crippen LogP contribution in [0.3, 0.4) is 0 Å². The zero-order valence-electron chi connectivity index (χ0n) is 19.1. The number of ether oxygens (including phenoxy) is 1. The van der Waals surface area contributed by atoms with Crippen molar-refractivity contribution in [2.45, 2.75) is 45.8 Å². The number of benzene rings is 1. The van der Waals surface area contributed by atoms with E-state index in [0.717, 1.165) is 5.01 Å². The summed E-state index contributed by atoms with van der Waals surface area (Å²) in [6.07, 6.45) is 1.12. The Balaban J connectivity index is 2.13. The Morgan fingerprint density at radius 1 is 1.16 bits per heavy atom. The number of hydrogen-bond acceptors (Lipinski definition) is 7. The first-order valence-electron chi connectivity index (χ1n) is 10.6. The molecule has 0 bridgehead atoms. The zero-order valence-corrected chi connectivity index (χ0v) is 19.1. The second-order valence-corrected chi connectivity index (χ2v) is 7.14. The molecule has 9 heteroatoms. The number of carbonyl (C=O) groups is 1. The molecule has 1 aromatic carbocycles. The van der Waals surface area contributed by atoms with E-state index in [1.807, 2.05) is 51.1 Å². The molecule has 0 radical (unpaired) electrons. The largest absolute Gasteiger partial charge is 0.389 e. The number of nitrogens with zero attached hydrogens (tertiary/aromatic N) is 3. The van der Waals surface area contributed by atoms with Gasteiger partial charge in [0, 0.05) is 19.2 Å². The van der Waals surface area contributed by atoms with Crippen LogP contribution in [0.15, 0.2) is 53.7 Å². The number of hydrogen-bond donors (Lipinski definition) is 3. The monoisotopic (exact) mass is 440 g/mol. The fourth-order valence-corrected chi connectivity index (χ4v) is 3.14. The van der Waals surface area contributed by atoms with E-state index in [1.54, 1.807) is 25.2 Å². The number of amidine groups is 1. The first-order valence-corrected chi connectivity index (χ1v) is 10.6. The Hall–Kier alpha value is -3.30. The van der Waals surface area contributed by atoms with E-state index < -0.39 is 5.60 Å². The van der Waals surface area contributed by atoms with Crippen molar-refractivity contribution in [1.82, 2.24) is 9.99 Å². The third-order valence-electron chi connectivity index (χ3n) is 5.02. The normalized spacial score (nSPS) is 11.7. The van der Waals surface area contributed by atoms with Crippen molar-refractivity contribution < 1.29 is 14.4 Å². The quantitative estimate of drug-likeness (QED) is 0.213. The van der Waals surface area contributed by atoms with Crippen LogP contribution >= 0.6 is 0 Å². The van der Waals surface area contributed by atoms with Crippen LogP contribution in [0.2, 0.25) is 0 Å². The molecular formula is C23H32N6O3. The van der Waals surface area contributed by atoms with Crippen molar-refractivity contribution in [2.24, 2.45) is 11.0 Å². The predicted octanol–water partition coefficient (Wildman–Crippen LogP) is 3.32. The fraction of sp³-hybridized carbons (Fsp3) is 0.391.